The summed E-state index contributed by atoms with van der Waals surface area (Å²) in [6, 6.07) is 0.723. The summed E-state index contributed by atoms with van der Waals surface area (Å²) in [5.74, 6) is 2.59. The van der Waals surface area contributed by atoms with Gasteiger partial charge in [-0.25, -0.2) is 0 Å². The molecule has 0 bridgehead atoms. The van der Waals surface area contributed by atoms with Crippen molar-refractivity contribution in [3.8, 4) is 0 Å². The van der Waals surface area contributed by atoms with E-state index in [1.165, 1.54) is 32.2 Å². The number of hydrogen-bond donors (Lipinski definition) is 1. The van der Waals surface area contributed by atoms with Crippen LogP contribution in [0.4, 0.5) is 0 Å². The van der Waals surface area contributed by atoms with Gasteiger partial charge in [0.25, 0.3) is 0 Å². The molecule has 2 aliphatic rings. The largest absolute Gasteiger partial charge is 0.314 e. The fourth-order valence-corrected chi connectivity index (χ4v) is 4.27. The molecule has 0 radical (unpaired) electrons. The highest BCUT2D eigenvalue weighted by atomic mass is 32.2. The van der Waals surface area contributed by atoms with Crippen molar-refractivity contribution >= 4 is 10.8 Å². The van der Waals surface area contributed by atoms with Crippen molar-refractivity contribution in [3.63, 3.8) is 0 Å². The second kappa shape index (κ2) is 6.86. The van der Waals surface area contributed by atoms with Crippen molar-refractivity contribution in [2.24, 2.45) is 5.92 Å². The van der Waals surface area contributed by atoms with Gasteiger partial charge in [-0.1, -0.05) is 19.8 Å². The molecule has 1 saturated carbocycles. The minimum atomic E-state index is -0.537. The van der Waals surface area contributed by atoms with Crippen LogP contribution in [0.25, 0.3) is 0 Å². The first kappa shape index (κ1) is 13.5. The molecule has 1 aliphatic carbocycles. The molecule has 2 rings (SSSR count). The third-order valence-corrected chi connectivity index (χ3v) is 5.41. The molecule has 1 heterocycles. The minimum Gasteiger partial charge on any atom is -0.314 e. The van der Waals surface area contributed by atoms with Crippen molar-refractivity contribution in [2.75, 3.05) is 37.7 Å². The second-order valence-corrected chi connectivity index (χ2v) is 7.05. The minimum absolute atomic E-state index is 0.537. The van der Waals surface area contributed by atoms with Gasteiger partial charge in [0.05, 0.1) is 0 Å². The topological polar surface area (TPSA) is 32.3 Å². The Kier molecular flexibility index (Phi) is 5.45. The molecule has 0 aromatic carbocycles. The number of nitrogens with one attached hydrogen (secondary N) is 1. The van der Waals surface area contributed by atoms with Gasteiger partial charge < -0.3 is 10.2 Å². The average molecular weight is 258 g/mol. The molecule has 1 N–H and O–H groups in total. The number of rotatable bonds is 4. The summed E-state index contributed by atoms with van der Waals surface area (Å²) in [7, 11) is -0.537. The molecule has 2 fully saturated rings. The third kappa shape index (κ3) is 4.04. The summed E-state index contributed by atoms with van der Waals surface area (Å²) in [4.78, 5) is 2.53. The van der Waals surface area contributed by atoms with E-state index in [1.54, 1.807) is 0 Å². The van der Waals surface area contributed by atoms with Crippen LogP contribution in [0.5, 0.6) is 0 Å². The van der Waals surface area contributed by atoms with Crippen LogP contribution >= 0.6 is 0 Å². The van der Waals surface area contributed by atoms with E-state index in [0.717, 1.165) is 43.1 Å². The van der Waals surface area contributed by atoms with Gasteiger partial charge in [0.2, 0.25) is 0 Å². The molecule has 1 aliphatic heterocycles. The van der Waals surface area contributed by atoms with Crippen LogP contribution in [-0.4, -0.2) is 52.8 Å². The third-order valence-electron chi connectivity index (χ3n) is 4.14. The fourth-order valence-electron chi connectivity index (χ4n) is 3.15. The van der Waals surface area contributed by atoms with Crippen LogP contribution in [0, 0.1) is 5.92 Å². The van der Waals surface area contributed by atoms with E-state index < -0.39 is 10.8 Å². The summed E-state index contributed by atoms with van der Waals surface area (Å²) in [5, 5.41) is 3.65. The monoisotopic (exact) mass is 258 g/mol. The van der Waals surface area contributed by atoms with Crippen molar-refractivity contribution in [2.45, 2.75) is 38.6 Å². The Morgan fingerprint density at radius 2 is 1.94 bits per heavy atom. The maximum atomic E-state index is 11.3. The molecule has 0 aromatic rings. The molecular weight excluding hydrogens is 232 g/mol. The Balaban J connectivity index is 1.81. The van der Waals surface area contributed by atoms with Gasteiger partial charge >= 0.3 is 0 Å². The molecule has 1 saturated heterocycles. The highest BCUT2D eigenvalue weighted by Crippen LogP contribution is 2.25. The lowest BCUT2D eigenvalue weighted by atomic mass is 9.84. The lowest BCUT2D eigenvalue weighted by Gasteiger charge is -2.37. The van der Waals surface area contributed by atoms with Gasteiger partial charge in [-0.15, -0.1) is 0 Å². The van der Waals surface area contributed by atoms with Crippen LogP contribution in [0.15, 0.2) is 0 Å². The Hall–Kier alpha value is 0.0700. The van der Waals surface area contributed by atoms with E-state index in [2.05, 4.69) is 17.1 Å². The quantitative estimate of drug-likeness (QED) is 0.823. The SMILES string of the molecule is CCNC1CCCCC1CN1CCS(=O)CC1. The molecule has 100 valence electrons. The fraction of sp³-hybridized carbons (Fsp3) is 1.00. The van der Waals surface area contributed by atoms with Crippen molar-refractivity contribution < 1.29 is 4.21 Å². The van der Waals surface area contributed by atoms with Crippen LogP contribution in [0.1, 0.15) is 32.6 Å². The van der Waals surface area contributed by atoms with Crippen molar-refractivity contribution in [1.82, 2.24) is 10.2 Å². The molecular formula is C13H26N2OS. The molecule has 4 heteroatoms. The Labute approximate surface area is 108 Å². The summed E-state index contributed by atoms with van der Waals surface area (Å²) in [5.41, 5.74) is 0. The standard InChI is InChI=1S/C13H26N2OS/c1-2-14-13-6-4-3-5-12(13)11-15-7-9-17(16)10-8-15/h12-14H,2-11H2,1H3. The predicted molar refractivity (Wildman–Crippen MR) is 73.7 cm³/mol. The molecule has 0 aromatic heterocycles. The summed E-state index contributed by atoms with van der Waals surface area (Å²) in [6.07, 6.45) is 5.50. The molecule has 0 spiro atoms. The lowest BCUT2D eigenvalue weighted by molar-refractivity contribution is 0.178. The van der Waals surface area contributed by atoms with E-state index in [0.29, 0.717) is 0 Å². The maximum Gasteiger partial charge on any atom is 0.0363 e. The first-order valence-corrected chi connectivity index (χ1v) is 8.59. The summed E-state index contributed by atoms with van der Waals surface area (Å²) >= 11 is 0. The number of hydrogen-bond acceptors (Lipinski definition) is 3. The Bertz CT molecular complexity index is 248. The predicted octanol–water partition coefficient (Wildman–Crippen LogP) is 1.22. The highest BCUT2D eigenvalue weighted by molar-refractivity contribution is 7.85. The van der Waals surface area contributed by atoms with Crippen LogP contribution in [0.3, 0.4) is 0 Å². The van der Waals surface area contributed by atoms with Crippen LogP contribution in [-0.2, 0) is 10.8 Å². The normalized spacial score (nSPS) is 32.8. The average Bonchev–Trinajstić information content (AvgIpc) is 2.35. The lowest BCUT2D eigenvalue weighted by Crippen LogP contribution is -2.47. The smallest absolute Gasteiger partial charge is 0.0363 e. The van der Waals surface area contributed by atoms with Gasteiger partial charge in [-0.3, -0.25) is 4.21 Å². The molecule has 3 nitrogen and oxygen atoms in total. The van der Waals surface area contributed by atoms with Crippen LogP contribution in [0.2, 0.25) is 0 Å². The van der Waals surface area contributed by atoms with Crippen molar-refractivity contribution in [1.29, 1.82) is 0 Å². The first-order valence-electron chi connectivity index (χ1n) is 7.10. The molecule has 0 amide bonds. The molecule has 2 atom stereocenters. The van der Waals surface area contributed by atoms with Crippen LogP contribution < -0.4 is 5.32 Å². The molecule has 17 heavy (non-hydrogen) atoms. The van der Waals surface area contributed by atoms with E-state index in [4.69, 9.17) is 0 Å². The van der Waals surface area contributed by atoms with Gasteiger partial charge in [0.1, 0.15) is 0 Å². The highest BCUT2D eigenvalue weighted by Gasteiger charge is 2.27. The molecule has 2 unspecified atom stereocenters. The second-order valence-electron chi connectivity index (χ2n) is 5.36. The zero-order valence-corrected chi connectivity index (χ0v) is 11.8. The van der Waals surface area contributed by atoms with E-state index >= 15 is 0 Å². The maximum absolute atomic E-state index is 11.3. The zero-order valence-electron chi connectivity index (χ0n) is 11.0. The van der Waals surface area contributed by atoms with E-state index in [1.807, 2.05) is 0 Å². The zero-order chi connectivity index (χ0) is 12.1. The summed E-state index contributed by atoms with van der Waals surface area (Å²) < 4.78 is 11.3. The Morgan fingerprint density at radius 3 is 2.65 bits per heavy atom. The van der Waals surface area contributed by atoms with E-state index in [9.17, 15) is 4.21 Å². The van der Waals surface area contributed by atoms with Gasteiger partial charge in [-0.2, -0.15) is 0 Å². The van der Waals surface area contributed by atoms with Gasteiger partial charge in [0.15, 0.2) is 0 Å². The van der Waals surface area contributed by atoms with Gasteiger partial charge in [0, 0.05) is 48.0 Å². The van der Waals surface area contributed by atoms with Gasteiger partial charge in [-0.05, 0) is 25.3 Å². The van der Waals surface area contributed by atoms with E-state index in [-0.39, 0.29) is 0 Å². The number of nitrogens with zero attached hydrogens (tertiary/aromatic N) is 1. The van der Waals surface area contributed by atoms with Crippen molar-refractivity contribution in [3.05, 3.63) is 0 Å². The Morgan fingerprint density at radius 1 is 1.24 bits per heavy atom. The summed E-state index contributed by atoms with van der Waals surface area (Å²) in [6.45, 7) is 6.60. The first-order chi connectivity index (χ1) is 8.29.